The maximum absolute atomic E-state index is 13.1. The lowest BCUT2D eigenvalue weighted by molar-refractivity contribution is -0.116. The third-order valence-corrected chi connectivity index (χ3v) is 5.73. The zero-order valence-corrected chi connectivity index (χ0v) is 21.9. The average molecular weight is 476 g/mol. The molecule has 0 saturated carbocycles. The maximum Gasteiger partial charge on any atom is 0.322 e. The monoisotopic (exact) mass is 475 g/mol. The molecule has 3 rings (SSSR count). The van der Waals surface area contributed by atoms with Gasteiger partial charge in [-0.2, -0.15) is 5.10 Å². The number of hydrogen-bond acceptors (Lipinski definition) is 3. The molecule has 35 heavy (non-hydrogen) atoms. The molecule has 0 saturated heterocycles. The molecule has 0 bridgehead atoms. The van der Waals surface area contributed by atoms with E-state index in [4.69, 9.17) is 5.10 Å². The number of carbonyl (C=O) groups excluding carboxylic acids is 2. The highest BCUT2D eigenvalue weighted by molar-refractivity contribution is 5.97. The summed E-state index contributed by atoms with van der Waals surface area (Å²) in [5.41, 5.74) is 5.51. The number of aromatic nitrogens is 2. The number of nitrogens with one attached hydrogen (secondary N) is 2. The number of amides is 3. The van der Waals surface area contributed by atoms with E-state index in [9.17, 15) is 9.59 Å². The molecule has 7 heteroatoms. The SMILES string of the molecule is CCCN(CC(=O)Nc1cc(C(C)(C)C)nn1-c1cccc(C)c1)C(=O)Nc1ccc(C)cc1C. The van der Waals surface area contributed by atoms with Gasteiger partial charge in [0.05, 0.1) is 11.4 Å². The van der Waals surface area contributed by atoms with Crippen LogP contribution in [0.1, 0.15) is 56.5 Å². The van der Waals surface area contributed by atoms with Crippen LogP contribution in [0.3, 0.4) is 0 Å². The van der Waals surface area contributed by atoms with Crippen LogP contribution < -0.4 is 10.6 Å². The quantitative estimate of drug-likeness (QED) is 0.441. The molecular weight excluding hydrogens is 438 g/mol. The molecule has 0 unspecified atom stereocenters. The second-order valence-corrected chi connectivity index (χ2v) is 10.1. The minimum atomic E-state index is -0.295. The van der Waals surface area contributed by atoms with Crippen LogP contribution in [0, 0.1) is 20.8 Å². The molecule has 7 nitrogen and oxygen atoms in total. The van der Waals surface area contributed by atoms with Gasteiger partial charge < -0.3 is 15.5 Å². The number of rotatable bonds is 7. The summed E-state index contributed by atoms with van der Waals surface area (Å²) < 4.78 is 1.76. The van der Waals surface area contributed by atoms with Gasteiger partial charge in [-0.05, 0) is 56.5 Å². The Balaban J connectivity index is 1.80. The summed E-state index contributed by atoms with van der Waals surface area (Å²) in [6.45, 7) is 14.6. The van der Waals surface area contributed by atoms with E-state index < -0.39 is 0 Å². The van der Waals surface area contributed by atoms with Crippen molar-refractivity contribution in [3.8, 4) is 5.69 Å². The largest absolute Gasteiger partial charge is 0.322 e. The van der Waals surface area contributed by atoms with Gasteiger partial charge in [-0.25, -0.2) is 9.48 Å². The standard InChI is InChI=1S/C28H37N5O2/c1-8-14-32(27(35)29-23-13-12-20(3)15-21(23)4)18-26(34)30-25-17-24(28(5,6)7)31-33(25)22-11-9-10-19(2)16-22/h9-13,15-17H,8,14,18H2,1-7H3,(H,29,35)(H,30,34). The van der Waals surface area contributed by atoms with Crippen molar-refractivity contribution in [3.05, 3.63) is 70.9 Å². The highest BCUT2D eigenvalue weighted by atomic mass is 16.2. The van der Waals surface area contributed by atoms with Crippen molar-refractivity contribution in [2.75, 3.05) is 23.7 Å². The molecule has 3 aromatic rings. The number of nitrogens with zero attached hydrogens (tertiary/aromatic N) is 3. The normalized spacial score (nSPS) is 11.3. The van der Waals surface area contributed by atoms with E-state index in [1.54, 1.807) is 4.68 Å². The van der Waals surface area contributed by atoms with Gasteiger partial charge in [0.2, 0.25) is 5.91 Å². The summed E-state index contributed by atoms with van der Waals surface area (Å²) in [4.78, 5) is 27.6. The van der Waals surface area contributed by atoms with Gasteiger partial charge in [0.25, 0.3) is 0 Å². The van der Waals surface area contributed by atoms with Gasteiger partial charge >= 0.3 is 6.03 Å². The van der Waals surface area contributed by atoms with Crippen LogP contribution in [0.25, 0.3) is 5.69 Å². The summed E-state index contributed by atoms with van der Waals surface area (Å²) in [5, 5.41) is 10.7. The van der Waals surface area contributed by atoms with Gasteiger partial charge in [-0.1, -0.05) is 57.5 Å². The Morgan fingerprint density at radius 2 is 1.69 bits per heavy atom. The Bertz CT molecular complexity index is 1210. The summed E-state index contributed by atoms with van der Waals surface area (Å²) in [7, 11) is 0. The predicted molar refractivity (Wildman–Crippen MR) is 142 cm³/mol. The summed E-state index contributed by atoms with van der Waals surface area (Å²) in [5.74, 6) is 0.306. The van der Waals surface area contributed by atoms with Gasteiger partial charge in [0.15, 0.2) is 0 Å². The predicted octanol–water partition coefficient (Wildman–Crippen LogP) is 5.98. The third kappa shape index (κ3) is 6.72. The molecule has 1 aromatic heterocycles. The molecule has 0 aliphatic rings. The Morgan fingerprint density at radius 3 is 2.31 bits per heavy atom. The van der Waals surface area contributed by atoms with Gasteiger partial charge in [-0.15, -0.1) is 0 Å². The number of aryl methyl sites for hydroxylation is 3. The Labute approximate surface area is 208 Å². The molecule has 0 atom stereocenters. The number of urea groups is 1. The van der Waals surface area contributed by atoms with E-state index in [-0.39, 0.29) is 23.9 Å². The highest BCUT2D eigenvalue weighted by Crippen LogP contribution is 2.26. The summed E-state index contributed by atoms with van der Waals surface area (Å²) >= 11 is 0. The van der Waals surface area contributed by atoms with Crippen molar-refractivity contribution < 1.29 is 9.59 Å². The first-order valence-electron chi connectivity index (χ1n) is 12.1. The first kappa shape index (κ1) is 26.0. The van der Waals surface area contributed by atoms with Crippen LogP contribution in [-0.2, 0) is 10.2 Å². The molecule has 0 radical (unpaired) electrons. The fraction of sp³-hybridized carbons (Fsp3) is 0.393. The van der Waals surface area contributed by atoms with Crippen molar-refractivity contribution in [2.45, 2.75) is 60.3 Å². The van der Waals surface area contributed by atoms with Crippen LogP contribution in [0.4, 0.5) is 16.3 Å². The van der Waals surface area contributed by atoms with Crippen LogP contribution >= 0.6 is 0 Å². The lowest BCUT2D eigenvalue weighted by Crippen LogP contribution is -2.41. The molecule has 1 heterocycles. The summed E-state index contributed by atoms with van der Waals surface area (Å²) in [6.07, 6.45) is 0.739. The van der Waals surface area contributed by atoms with E-state index in [1.807, 2.05) is 76.2 Å². The van der Waals surface area contributed by atoms with Crippen molar-refractivity contribution >= 4 is 23.4 Å². The second-order valence-electron chi connectivity index (χ2n) is 10.1. The molecule has 0 fully saturated rings. The van der Waals surface area contributed by atoms with Crippen molar-refractivity contribution in [1.82, 2.24) is 14.7 Å². The van der Waals surface area contributed by atoms with Crippen LogP contribution in [0.15, 0.2) is 48.5 Å². The van der Waals surface area contributed by atoms with E-state index in [2.05, 4.69) is 31.4 Å². The van der Waals surface area contributed by atoms with Gasteiger partial charge in [-0.3, -0.25) is 4.79 Å². The first-order valence-corrected chi connectivity index (χ1v) is 12.1. The molecule has 3 amide bonds. The van der Waals surface area contributed by atoms with E-state index in [0.717, 1.165) is 40.2 Å². The molecule has 0 aliphatic carbocycles. The van der Waals surface area contributed by atoms with Crippen molar-refractivity contribution in [2.24, 2.45) is 0 Å². The summed E-state index contributed by atoms with van der Waals surface area (Å²) in [6, 6.07) is 15.4. The Kier molecular flexibility index (Phi) is 7.99. The fourth-order valence-electron chi connectivity index (χ4n) is 3.82. The zero-order valence-electron chi connectivity index (χ0n) is 21.9. The fourth-order valence-corrected chi connectivity index (χ4v) is 3.82. The number of benzene rings is 2. The minimum absolute atomic E-state index is 0.0611. The minimum Gasteiger partial charge on any atom is -0.315 e. The number of carbonyl (C=O) groups is 2. The van der Waals surface area contributed by atoms with Crippen molar-refractivity contribution in [1.29, 1.82) is 0 Å². The highest BCUT2D eigenvalue weighted by Gasteiger charge is 2.23. The number of anilines is 2. The Hall–Kier alpha value is -3.61. The van der Waals surface area contributed by atoms with Gasteiger partial charge in [0, 0.05) is 23.7 Å². The topological polar surface area (TPSA) is 79.3 Å². The third-order valence-electron chi connectivity index (χ3n) is 5.73. The first-order chi connectivity index (χ1) is 16.5. The van der Waals surface area contributed by atoms with Crippen LogP contribution in [-0.4, -0.2) is 39.7 Å². The lowest BCUT2D eigenvalue weighted by atomic mass is 9.92. The van der Waals surface area contributed by atoms with E-state index in [1.165, 1.54) is 4.90 Å². The smallest absolute Gasteiger partial charge is 0.315 e. The van der Waals surface area contributed by atoms with E-state index in [0.29, 0.717) is 12.4 Å². The molecule has 186 valence electrons. The van der Waals surface area contributed by atoms with Crippen LogP contribution in [0.2, 0.25) is 0 Å². The average Bonchev–Trinajstić information content (AvgIpc) is 3.19. The van der Waals surface area contributed by atoms with Crippen LogP contribution in [0.5, 0.6) is 0 Å². The van der Waals surface area contributed by atoms with Crippen molar-refractivity contribution in [3.63, 3.8) is 0 Å². The Morgan fingerprint density at radius 1 is 0.971 bits per heavy atom. The maximum atomic E-state index is 13.1. The number of hydrogen-bond donors (Lipinski definition) is 2. The molecule has 2 N–H and O–H groups in total. The molecule has 0 spiro atoms. The lowest BCUT2D eigenvalue weighted by Gasteiger charge is -2.23. The molecular formula is C28H37N5O2. The van der Waals surface area contributed by atoms with Gasteiger partial charge in [0.1, 0.15) is 12.4 Å². The molecule has 2 aromatic carbocycles. The molecule has 0 aliphatic heterocycles. The van der Waals surface area contributed by atoms with E-state index >= 15 is 0 Å². The second kappa shape index (κ2) is 10.8. The zero-order chi connectivity index (χ0) is 25.8.